The maximum atomic E-state index is 11.6. The van der Waals surface area contributed by atoms with Crippen molar-refractivity contribution in [3.05, 3.63) is 22.2 Å². The van der Waals surface area contributed by atoms with Crippen LogP contribution in [0.25, 0.3) is 0 Å². The van der Waals surface area contributed by atoms with E-state index in [-0.39, 0.29) is 24.0 Å². The summed E-state index contributed by atoms with van der Waals surface area (Å²) in [6.07, 6.45) is 0. The first-order chi connectivity index (χ1) is 8.86. The van der Waals surface area contributed by atoms with Crippen molar-refractivity contribution in [3.63, 3.8) is 0 Å². The van der Waals surface area contributed by atoms with E-state index in [1.54, 1.807) is 26.2 Å². The van der Waals surface area contributed by atoms with Crippen molar-refractivity contribution in [1.82, 2.24) is 4.90 Å². The van der Waals surface area contributed by atoms with E-state index in [2.05, 4.69) is 15.9 Å². The van der Waals surface area contributed by atoms with Gasteiger partial charge in [0.2, 0.25) is 0 Å². The average molecular weight is 330 g/mol. The van der Waals surface area contributed by atoms with Crippen LogP contribution >= 0.6 is 15.9 Å². The Morgan fingerprint density at radius 1 is 1.32 bits per heavy atom. The molecule has 0 aliphatic rings. The number of methoxy groups -OCH3 is 1. The molecule has 6 heteroatoms. The first kappa shape index (κ1) is 15.5. The van der Waals surface area contributed by atoms with Gasteiger partial charge in [0.1, 0.15) is 0 Å². The minimum atomic E-state index is -0.195. The van der Waals surface area contributed by atoms with Crippen LogP contribution in [0.5, 0.6) is 11.5 Å². The Morgan fingerprint density at radius 3 is 2.42 bits per heavy atom. The second-order valence-corrected chi connectivity index (χ2v) is 5.03. The molecule has 0 aromatic heterocycles. The number of ketones is 1. The van der Waals surface area contributed by atoms with E-state index in [0.29, 0.717) is 15.8 Å². The molecular weight excluding hydrogens is 314 g/mol. The highest BCUT2D eigenvalue weighted by atomic mass is 79.9. The minimum Gasteiger partial charge on any atom is -0.493 e. The number of ether oxygens (including phenoxy) is 2. The number of amides is 1. The standard InChI is InChI=1S/C13H16BrNO4/c1-8(16)10-5-9(14)6-11(18-4)13(10)19-7-12(17)15(2)3/h5-6H,7H2,1-4H3. The summed E-state index contributed by atoms with van der Waals surface area (Å²) in [7, 11) is 4.75. The van der Waals surface area contributed by atoms with E-state index >= 15 is 0 Å². The molecule has 19 heavy (non-hydrogen) atoms. The first-order valence-electron chi connectivity index (χ1n) is 5.58. The molecule has 5 nitrogen and oxygen atoms in total. The number of hydrogen-bond acceptors (Lipinski definition) is 4. The molecule has 0 heterocycles. The second-order valence-electron chi connectivity index (χ2n) is 4.12. The highest BCUT2D eigenvalue weighted by molar-refractivity contribution is 9.10. The molecule has 0 bridgehead atoms. The molecule has 0 saturated carbocycles. The normalized spacial score (nSPS) is 9.95. The third-order valence-corrected chi connectivity index (χ3v) is 2.92. The first-order valence-corrected chi connectivity index (χ1v) is 6.37. The molecule has 1 aromatic rings. The summed E-state index contributed by atoms with van der Waals surface area (Å²) in [5.74, 6) is 0.339. The molecule has 0 fully saturated rings. The molecule has 0 spiro atoms. The van der Waals surface area contributed by atoms with Gasteiger partial charge in [-0.3, -0.25) is 9.59 Å². The van der Waals surface area contributed by atoms with Gasteiger partial charge in [0.25, 0.3) is 5.91 Å². The molecule has 0 N–H and O–H groups in total. The third kappa shape index (κ3) is 3.96. The number of rotatable bonds is 5. The van der Waals surface area contributed by atoms with E-state index < -0.39 is 0 Å². The lowest BCUT2D eigenvalue weighted by Gasteiger charge is -2.16. The lowest BCUT2D eigenvalue weighted by molar-refractivity contribution is -0.130. The molecule has 0 unspecified atom stereocenters. The van der Waals surface area contributed by atoms with Crippen molar-refractivity contribution in [2.45, 2.75) is 6.92 Å². The molecule has 1 amide bonds. The summed E-state index contributed by atoms with van der Waals surface area (Å²) in [5, 5.41) is 0. The molecule has 0 atom stereocenters. The molecule has 0 radical (unpaired) electrons. The Balaban J connectivity index is 3.09. The predicted molar refractivity (Wildman–Crippen MR) is 74.9 cm³/mol. The molecule has 1 aromatic carbocycles. The molecule has 1 rings (SSSR count). The van der Waals surface area contributed by atoms with Gasteiger partial charge in [0, 0.05) is 18.6 Å². The van der Waals surface area contributed by atoms with Crippen LogP contribution in [0.3, 0.4) is 0 Å². The number of nitrogens with zero attached hydrogens (tertiary/aromatic N) is 1. The fraction of sp³-hybridized carbons (Fsp3) is 0.385. The Bertz CT molecular complexity index is 500. The van der Waals surface area contributed by atoms with Crippen molar-refractivity contribution in [1.29, 1.82) is 0 Å². The van der Waals surface area contributed by atoms with E-state index in [0.717, 1.165) is 0 Å². The van der Waals surface area contributed by atoms with E-state index in [1.807, 2.05) is 0 Å². The summed E-state index contributed by atoms with van der Waals surface area (Å²) < 4.78 is 11.3. The molecule has 0 aliphatic carbocycles. The Labute approximate surface area is 120 Å². The van der Waals surface area contributed by atoms with Gasteiger partial charge < -0.3 is 14.4 Å². The zero-order chi connectivity index (χ0) is 14.6. The maximum Gasteiger partial charge on any atom is 0.259 e. The highest BCUT2D eigenvalue weighted by Crippen LogP contribution is 2.35. The van der Waals surface area contributed by atoms with Crippen molar-refractivity contribution in [2.75, 3.05) is 27.8 Å². The summed E-state index contributed by atoms with van der Waals surface area (Å²) in [5.41, 5.74) is 0.373. The van der Waals surface area contributed by atoms with E-state index in [9.17, 15) is 9.59 Å². The number of carbonyl (C=O) groups is 2. The SMILES string of the molecule is COc1cc(Br)cc(C(C)=O)c1OCC(=O)N(C)C. The van der Waals surface area contributed by atoms with Gasteiger partial charge >= 0.3 is 0 Å². The zero-order valence-electron chi connectivity index (χ0n) is 11.3. The summed E-state index contributed by atoms with van der Waals surface area (Å²) in [4.78, 5) is 24.6. The largest absolute Gasteiger partial charge is 0.493 e. The summed E-state index contributed by atoms with van der Waals surface area (Å²) in [6.45, 7) is 1.28. The fourth-order valence-electron chi connectivity index (χ4n) is 1.39. The van der Waals surface area contributed by atoms with Crippen LogP contribution in [0, 0.1) is 0 Å². The van der Waals surface area contributed by atoms with Crippen molar-refractivity contribution >= 4 is 27.6 Å². The number of benzene rings is 1. The summed E-state index contributed by atoms with van der Waals surface area (Å²) in [6, 6.07) is 3.32. The van der Waals surface area contributed by atoms with Crippen molar-refractivity contribution < 1.29 is 19.1 Å². The van der Waals surface area contributed by atoms with Gasteiger partial charge in [0.15, 0.2) is 23.9 Å². The smallest absolute Gasteiger partial charge is 0.259 e. The number of likely N-dealkylation sites (N-methyl/N-ethyl adjacent to an activating group) is 1. The number of hydrogen-bond donors (Lipinski definition) is 0. The monoisotopic (exact) mass is 329 g/mol. The van der Waals surface area contributed by atoms with Crippen LogP contribution < -0.4 is 9.47 Å². The Hall–Kier alpha value is -1.56. The van der Waals surface area contributed by atoms with Crippen LogP contribution in [0.1, 0.15) is 17.3 Å². The van der Waals surface area contributed by atoms with E-state index in [4.69, 9.17) is 9.47 Å². The third-order valence-electron chi connectivity index (χ3n) is 2.46. The number of halogens is 1. The van der Waals surface area contributed by atoms with Crippen LogP contribution in [0.15, 0.2) is 16.6 Å². The Kier molecular flexibility index (Phi) is 5.35. The zero-order valence-corrected chi connectivity index (χ0v) is 12.9. The second kappa shape index (κ2) is 6.56. The van der Waals surface area contributed by atoms with E-state index in [1.165, 1.54) is 18.9 Å². The van der Waals surface area contributed by atoms with Crippen molar-refractivity contribution in [2.24, 2.45) is 0 Å². The van der Waals surface area contributed by atoms with Gasteiger partial charge in [-0.1, -0.05) is 15.9 Å². The molecular formula is C13H16BrNO4. The predicted octanol–water partition coefficient (Wildman–Crippen LogP) is 2.13. The van der Waals surface area contributed by atoms with Crippen LogP contribution in [-0.4, -0.2) is 44.4 Å². The molecule has 104 valence electrons. The Morgan fingerprint density at radius 2 is 1.95 bits per heavy atom. The van der Waals surface area contributed by atoms with Gasteiger partial charge in [-0.25, -0.2) is 0 Å². The average Bonchev–Trinajstić information content (AvgIpc) is 2.35. The lowest BCUT2D eigenvalue weighted by Crippen LogP contribution is -2.27. The minimum absolute atomic E-state index is 0.148. The maximum absolute atomic E-state index is 11.6. The lowest BCUT2D eigenvalue weighted by atomic mass is 10.1. The highest BCUT2D eigenvalue weighted by Gasteiger charge is 2.17. The van der Waals surface area contributed by atoms with Crippen LogP contribution in [0.4, 0.5) is 0 Å². The number of Topliss-reactive ketones (excluding diaryl/α,β-unsaturated/α-hetero) is 1. The fourth-order valence-corrected chi connectivity index (χ4v) is 1.83. The summed E-state index contributed by atoms with van der Waals surface area (Å²) >= 11 is 3.30. The van der Waals surface area contributed by atoms with Gasteiger partial charge in [-0.15, -0.1) is 0 Å². The quantitative estimate of drug-likeness (QED) is 0.776. The van der Waals surface area contributed by atoms with Crippen LogP contribution in [0.2, 0.25) is 0 Å². The van der Waals surface area contributed by atoms with Crippen molar-refractivity contribution in [3.8, 4) is 11.5 Å². The molecule has 0 aliphatic heterocycles. The number of carbonyl (C=O) groups excluding carboxylic acids is 2. The molecule has 0 saturated heterocycles. The van der Waals surface area contributed by atoms with Gasteiger partial charge in [-0.2, -0.15) is 0 Å². The van der Waals surface area contributed by atoms with Gasteiger partial charge in [0.05, 0.1) is 12.7 Å². The topological polar surface area (TPSA) is 55.8 Å². The van der Waals surface area contributed by atoms with Crippen LogP contribution in [-0.2, 0) is 4.79 Å². The van der Waals surface area contributed by atoms with Gasteiger partial charge in [-0.05, 0) is 19.1 Å².